The fourth-order valence-corrected chi connectivity index (χ4v) is 6.12. The minimum Gasteiger partial charge on any atom is -0.370 e. The zero-order valence-corrected chi connectivity index (χ0v) is 12.7. The number of carbonyl (C=O) groups is 1. The molecular weight excluding hydrogens is 250 g/mol. The summed E-state index contributed by atoms with van der Waals surface area (Å²) in [7, 11) is 0. The highest BCUT2D eigenvalue weighted by molar-refractivity contribution is 5.88. The van der Waals surface area contributed by atoms with Crippen LogP contribution in [0, 0.1) is 23.2 Å². The smallest absolute Gasteiger partial charge is 0.195 e. The van der Waals surface area contributed by atoms with Crippen LogP contribution in [0.25, 0.3) is 0 Å². The monoisotopic (exact) mass is 278 g/mol. The molecule has 0 unspecified atom stereocenters. The van der Waals surface area contributed by atoms with Crippen molar-refractivity contribution in [1.29, 1.82) is 0 Å². The zero-order valence-electron chi connectivity index (χ0n) is 12.7. The van der Waals surface area contributed by atoms with E-state index in [2.05, 4.69) is 6.92 Å². The maximum absolute atomic E-state index is 13.2. The van der Waals surface area contributed by atoms with Crippen LogP contribution in [0.3, 0.4) is 0 Å². The normalized spacial score (nSPS) is 45.5. The molecule has 3 nitrogen and oxygen atoms in total. The number of nitrogens with one attached hydrogen (secondary N) is 1. The summed E-state index contributed by atoms with van der Waals surface area (Å²) in [6, 6.07) is 0.190. The minimum atomic E-state index is 0.0828. The SMILES string of the molecule is C[C@H](C(=O)C12CC3CC(CC(C3)C1)C2)[NH+]1CCOCC1. The Morgan fingerprint density at radius 1 is 1.05 bits per heavy atom. The van der Waals surface area contributed by atoms with E-state index in [0.717, 1.165) is 44.1 Å². The first-order chi connectivity index (χ1) is 9.66. The standard InChI is InChI=1S/C17H27NO2/c1-12(18-2-4-20-5-3-18)16(19)17-9-13-6-14(10-17)8-15(7-13)11-17/h12-15H,2-11H2,1H3/p+1/t12-,13?,14?,15?,17?/m1/s1. The third-order valence-corrected chi connectivity index (χ3v) is 6.70. The van der Waals surface area contributed by atoms with Gasteiger partial charge in [-0.3, -0.25) is 4.79 Å². The number of ether oxygens (including phenoxy) is 1. The molecule has 0 aromatic rings. The van der Waals surface area contributed by atoms with Crippen molar-refractivity contribution < 1.29 is 14.4 Å². The second kappa shape index (κ2) is 4.81. The molecule has 0 radical (unpaired) electrons. The van der Waals surface area contributed by atoms with E-state index in [0.29, 0.717) is 5.78 Å². The van der Waals surface area contributed by atoms with E-state index in [-0.39, 0.29) is 11.5 Å². The molecule has 4 aliphatic carbocycles. The van der Waals surface area contributed by atoms with Gasteiger partial charge in [0.15, 0.2) is 5.78 Å². The van der Waals surface area contributed by atoms with Crippen molar-refractivity contribution in [2.45, 2.75) is 51.5 Å². The van der Waals surface area contributed by atoms with Gasteiger partial charge in [-0.2, -0.15) is 0 Å². The molecule has 1 aliphatic heterocycles. The van der Waals surface area contributed by atoms with Gasteiger partial charge in [-0.25, -0.2) is 0 Å². The minimum absolute atomic E-state index is 0.0828. The Balaban J connectivity index is 1.52. The molecule has 1 heterocycles. The van der Waals surface area contributed by atoms with Crippen LogP contribution in [0.4, 0.5) is 0 Å². The summed E-state index contributed by atoms with van der Waals surface area (Å²) in [5, 5.41) is 0. The van der Waals surface area contributed by atoms with Crippen molar-refractivity contribution in [2.75, 3.05) is 26.3 Å². The van der Waals surface area contributed by atoms with Crippen LogP contribution < -0.4 is 4.90 Å². The number of ketones is 1. The lowest BCUT2D eigenvalue weighted by Crippen LogP contribution is -3.18. The molecule has 3 heteroatoms. The van der Waals surface area contributed by atoms with Crippen LogP contribution in [0.2, 0.25) is 0 Å². The summed E-state index contributed by atoms with van der Waals surface area (Å²) >= 11 is 0. The summed E-state index contributed by atoms with van der Waals surface area (Å²) in [6.45, 7) is 5.86. The van der Waals surface area contributed by atoms with Gasteiger partial charge in [0.05, 0.1) is 13.2 Å². The van der Waals surface area contributed by atoms with Crippen LogP contribution >= 0.6 is 0 Å². The van der Waals surface area contributed by atoms with Crippen molar-refractivity contribution in [2.24, 2.45) is 23.2 Å². The molecule has 1 N–H and O–H groups in total. The van der Waals surface area contributed by atoms with Crippen molar-refractivity contribution in [1.82, 2.24) is 0 Å². The Kier molecular flexibility index (Phi) is 3.19. The Labute approximate surface area is 122 Å². The molecule has 4 bridgehead atoms. The first-order valence-electron chi connectivity index (χ1n) is 8.63. The lowest BCUT2D eigenvalue weighted by molar-refractivity contribution is -0.922. The molecule has 1 atom stereocenters. The fourth-order valence-electron chi connectivity index (χ4n) is 6.12. The number of Topliss-reactive ketones (excluding diaryl/α,β-unsaturated/α-hetero) is 1. The van der Waals surface area contributed by atoms with Crippen LogP contribution in [0.5, 0.6) is 0 Å². The zero-order chi connectivity index (χ0) is 13.7. The van der Waals surface area contributed by atoms with E-state index in [4.69, 9.17) is 4.74 Å². The fraction of sp³-hybridized carbons (Fsp3) is 0.941. The van der Waals surface area contributed by atoms with Crippen LogP contribution in [0.1, 0.15) is 45.4 Å². The molecule has 0 aromatic heterocycles. The second-order valence-electron chi connectivity index (χ2n) is 8.05. The quantitative estimate of drug-likeness (QED) is 0.837. The Morgan fingerprint density at radius 3 is 2.05 bits per heavy atom. The summed E-state index contributed by atoms with van der Waals surface area (Å²) in [5.41, 5.74) is 0.0828. The molecule has 0 aromatic carbocycles. The highest BCUT2D eigenvalue weighted by atomic mass is 16.5. The molecule has 5 fully saturated rings. The summed E-state index contributed by atoms with van der Waals surface area (Å²) < 4.78 is 5.45. The molecule has 4 saturated carbocycles. The molecule has 20 heavy (non-hydrogen) atoms. The topological polar surface area (TPSA) is 30.7 Å². The maximum Gasteiger partial charge on any atom is 0.195 e. The van der Waals surface area contributed by atoms with E-state index < -0.39 is 0 Å². The van der Waals surface area contributed by atoms with Gasteiger partial charge >= 0.3 is 0 Å². The first kappa shape index (κ1) is 13.3. The predicted molar refractivity (Wildman–Crippen MR) is 76.6 cm³/mol. The highest BCUT2D eigenvalue weighted by Gasteiger charge is 2.56. The van der Waals surface area contributed by atoms with Crippen molar-refractivity contribution >= 4 is 5.78 Å². The number of carbonyl (C=O) groups excluding carboxylic acids is 1. The lowest BCUT2D eigenvalue weighted by Gasteiger charge is -2.56. The van der Waals surface area contributed by atoms with E-state index in [1.54, 1.807) is 0 Å². The van der Waals surface area contributed by atoms with Gasteiger partial charge < -0.3 is 9.64 Å². The average Bonchev–Trinajstić information content (AvgIpc) is 2.45. The van der Waals surface area contributed by atoms with Gasteiger partial charge in [0.25, 0.3) is 0 Å². The van der Waals surface area contributed by atoms with E-state index in [1.807, 2.05) is 0 Å². The van der Waals surface area contributed by atoms with Crippen molar-refractivity contribution in [3.05, 3.63) is 0 Å². The second-order valence-corrected chi connectivity index (χ2v) is 8.05. The molecular formula is C17H28NO2+. The van der Waals surface area contributed by atoms with Crippen LogP contribution in [-0.2, 0) is 9.53 Å². The molecule has 112 valence electrons. The summed E-state index contributed by atoms with van der Waals surface area (Å²) in [5.74, 6) is 3.22. The van der Waals surface area contributed by atoms with Crippen molar-refractivity contribution in [3.63, 3.8) is 0 Å². The van der Waals surface area contributed by atoms with Crippen LogP contribution in [-0.4, -0.2) is 38.1 Å². The van der Waals surface area contributed by atoms with Gasteiger partial charge in [-0.15, -0.1) is 0 Å². The number of rotatable bonds is 3. The summed E-state index contributed by atoms with van der Waals surface area (Å²) in [4.78, 5) is 14.7. The molecule has 0 amide bonds. The van der Waals surface area contributed by atoms with Gasteiger partial charge in [0, 0.05) is 5.41 Å². The van der Waals surface area contributed by atoms with Gasteiger partial charge in [0.2, 0.25) is 0 Å². The number of hydrogen-bond donors (Lipinski definition) is 1. The molecule has 1 saturated heterocycles. The maximum atomic E-state index is 13.2. The van der Waals surface area contributed by atoms with E-state index in [9.17, 15) is 4.79 Å². The molecule has 5 rings (SSSR count). The number of hydrogen-bond acceptors (Lipinski definition) is 2. The highest BCUT2D eigenvalue weighted by Crippen LogP contribution is 2.60. The Hall–Kier alpha value is -0.410. The Bertz CT molecular complexity index is 365. The summed E-state index contributed by atoms with van der Waals surface area (Å²) in [6.07, 6.45) is 7.91. The third-order valence-electron chi connectivity index (χ3n) is 6.70. The van der Waals surface area contributed by atoms with Gasteiger partial charge in [-0.05, 0) is 63.2 Å². The van der Waals surface area contributed by atoms with E-state index >= 15 is 0 Å². The Morgan fingerprint density at radius 2 is 1.55 bits per heavy atom. The number of quaternary nitrogens is 1. The molecule has 0 spiro atoms. The van der Waals surface area contributed by atoms with Gasteiger partial charge in [0.1, 0.15) is 19.1 Å². The molecule has 5 aliphatic rings. The first-order valence-corrected chi connectivity index (χ1v) is 8.63. The third kappa shape index (κ3) is 2.05. The predicted octanol–water partition coefficient (Wildman–Crippen LogP) is 1.08. The average molecular weight is 278 g/mol. The van der Waals surface area contributed by atoms with E-state index in [1.165, 1.54) is 43.4 Å². The van der Waals surface area contributed by atoms with Crippen molar-refractivity contribution in [3.8, 4) is 0 Å². The largest absolute Gasteiger partial charge is 0.370 e. The van der Waals surface area contributed by atoms with Gasteiger partial charge in [-0.1, -0.05) is 0 Å². The lowest BCUT2D eigenvalue weighted by atomic mass is 9.48. The van der Waals surface area contributed by atoms with Crippen LogP contribution in [0.15, 0.2) is 0 Å². The number of morpholine rings is 1.